The van der Waals surface area contributed by atoms with Crippen LogP contribution in [0.15, 0.2) is 88.9 Å². The normalized spacial score (nSPS) is 15.4. The lowest BCUT2D eigenvalue weighted by atomic mass is 9.82. The smallest absolute Gasteiger partial charge is 0.229 e. The number of hydrogen-bond donors (Lipinski definition) is 1. The van der Waals surface area contributed by atoms with Crippen LogP contribution in [0.25, 0.3) is 17.1 Å². The van der Waals surface area contributed by atoms with E-state index in [2.05, 4.69) is 6.07 Å². The fourth-order valence-corrected chi connectivity index (χ4v) is 3.90. The molecule has 0 aliphatic carbocycles. The van der Waals surface area contributed by atoms with E-state index in [1.165, 1.54) is 0 Å². The van der Waals surface area contributed by atoms with Gasteiger partial charge >= 0.3 is 0 Å². The number of rotatable bonds is 3. The van der Waals surface area contributed by atoms with Gasteiger partial charge in [-0.3, -0.25) is 0 Å². The summed E-state index contributed by atoms with van der Waals surface area (Å²) in [5.74, 6) is 0.747. The maximum atomic E-state index is 9.94. The summed E-state index contributed by atoms with van der Waals surface area (Å²) in [4.78, 5) is 0. The Morgan fingerprint density at radius 1 is 1.03 bits per heavy atom. The van der Waals surface area contributed by atoms with E-state index in [1.807, 2.05) is 73.7 Å². The second-order valence-corrected chi connectivity index (χ2v) is 7.07. The van der Waals surface area contributed by atoms with Gasteiger partial charge in [0.25, 0.3) is 0 Å². The van der Waals surface area contributed by atoms with Gasteiger partial charge in [0.2, 0.25) is 11.8 Å². The van der Waals surface area contributed by atoms with E-state index < -0.39 is 5.92 Å². The minimum Gasteiger partial charge on any atom is -0.463 e. The molecule has 2 aromatic carbocycles. The molecular formula is C24H18N4O2. The predicted molar refractivity (Wildman–Crippen MR) is 112 cm³/mol. The number of aryl methyl sites for hydroxylation is 1. The number of nitriles is 1. The van der Waals surface area contributed by atoms with E-state index in [9.17, 15) is 5.26 Å². The number of nitrogens with zero attached hydrogens (tertiary/aromatic N) is 3. The molecule has 0 fully saturated rings. The Bertz CT molecular complexity index is 1290. The highest BCUT2D eigenvalue weighted by Crippen LogP contribution is 2.48. The molecule has 1 atom stereocenters. The van der Waals surface area contributed by atoms with E-state index >= 15 is 0 Å². The average molecular weight is 394 g/mol. The number of aromatic nitrogens is 2. The number of hydrogen-bond acceptors (Lipinski definition) is 5. The molecule has 146 valence electrons. The van der Waals surface area contributed by atoms with Crippen LogP contribution in [0.4, 0.5) is 0 Å². The zero-order chi connectivity index (χ0) is 20.7. The van der Waals surface area contributed by atoms with Gasteiger partial charge in [-0.2, -0.15) is 15.0 Å². The highest BCUT2D eigenvalue weighted by atomic mass is 16.5. The van der Waals surface area contributed by atoms with Gasteiger partial charge in [0.15, 0.2) is 5.76 Å². The molecule has 3 heterocycles. The Balaban J connectivity index is 1.85. The molecule has 1 unspecified atom stereocenters. The van der Waals surface area contributed by atoms with E-state index in [-0.39, 0.29) is 5.88 Å². The number of nitrogens with two attached hydrogens (primary N) is 1. The summed E-state index contributed by atoms with van der Waals surface area (Å²) in [6, 6.07) is 23.5. The van der Waals surface area contributed by atoms with Crippen LogP contribution in [-0.2, 0) is 0 Å². The molecule has 0 radical (unpaired) electrons. The lowest BCUT2D eigenvalue weighted by Gasteiger charge is -2.26. The van der Waals surface area contributed by atoms with Crippen molar-refractivity contribution in [3.8, 4) is 29.1 Å². The van der Waals surface area contributed by atoms with Crippen LogP contribution < -0.4 is 10.5 Å². The fraction of sp³-hybridized carbons (Fsp3) is 0.0833. The van der Waals surface area contributed by atoms with Crippen LogP contribution in [0.3, 0.4) is 0 Å². The molecule has 30 heavy (non-hydrogen) atoms. The first-order valence-electron chi connectivity index (χ1n) is 9.54. The summed E-state index contributed by atoms with van der Waals surface area (Å²) in [5.41, 5.74) is 10.8. The van der Waals surface area contributed by atoms with Crippen LogP contribution in [0.5, 0.6) is 5.88 Å². The number of benzene rings is 2. The minimum absolute atomic E-state index is 0.0846. The largest absolute Gasteiger partial charge is 0.463 e. The molecule has 0 bridgehead atoms. The first-order chi connectivity index (χ1) is 14.7. The molecule has 4 aromatic rings. The number of para-hydroxylation sites is 1. The average Bonchev–Trinajstić information content (AvgIpc) is 3.42. The maximum absolute atomic E-state index is 9.94. The molecule has 0 saturated heterocycles. The lowest BCUT2D eigenvalue weighted by Crippen LogP contribution is -2.22. The number of fused-ring (bicyclic) bond motifs is 1. The van der Waals surface area contributed by atoms with Crippen molar-refractivity contribution in [3.05, 3.63) is 101 Å². The molecule has 2 N–H and O–H groups in total. The summed E-state index contributed by atoms with van der Waals surface area (Å²) >= 11 is 0. The third-order valence-corrected chi connectivity index (χ3v) is 5.30. The highest BCUT2D eigenvalue weighted by molar-refractivity contribution is 5.69. The molecule has 1 aliphatic heterocycles. The van der Waals surface area contributed by atoms with Crippen molar-refractivity contribution >= 4 is 0 Å². The van der Waals surface area contributed by atoms with Crippen molar-refractivity contribution < 1.29 is 9.15 Å². The fourth-order valence-electron chi connectivity index (χ4n) is 3.90. The minimum atomic E-state index is -0.419. The first-order valence-corrected chi connectivity index (χ1v) is 9.54. The van der Waals surface area contributed by atoms with Crippen molar-refractivity contribution in [3.63, 3.8) is 0 Å². The Labute approximate surface area is 173 Å². The number of allylic oxidation sites excluding steroid dienone is 1. The topological polar surface area (TPSA) is 90.0 Å². The van der Waals surface area contributed by atoms with Crippen LogP contribution in [0.1, 0.15) is 22.6 Å². The van der Waals surface area contributed by atoms with E-state index in [0.29, 0.717) is 22.9 Å². The molecule has 0 spiro atoms. The van der Waals surface area contributed by atoms with E-state index in [1.54, 1.807) is 10.9 Å². The summed E-state index contributed by atoms with van der Waals surface area (Å²) in [5, 5.41) is 14.8. The van der Waals surface area contributed by atoms with Crippen molar-refractivity contribution in [2.24, 2.45) is 5.73 Å². The third kappa shape index (κ3) is 2.68. The zero-order valence-corrected chi connectivity index (χ0v) is 16.2. The Morgan fingerprint density at radius 3 is 2.50 bits per heavy atom. The highest BCUT2D eigenvalue weighted by Gasteiger charge is 2.38. The SMILES string of the molecule is Cc1ccccc1C1C(C#N)=C(N)Oc2c1c(-c1ccco1)nn2-c1ccccc1. The Morgan fingerprint density at radius 2 is 1.80 bits per heavy atom. The van der Waals surface area contributed by atoms with Gasteiger partial charge in [-0.05, 0) is 42.3 Å². The molecule has 2 aromatic heterocycles. The molecular weight excluding hydrogens is 376 g/mol. The van der Waals surface area contributed by atoms with Crippen LogP contribution >= 0.6 is 0 Å². The number of furan rings is 1. The van der Waals surface area contributed by atoms with Gasteiger partial charge < -0.3 is 14.9 Å². The van der Waals surface area contributed by atoms with Gasteiger partial charge in [0.05, 0.1) is 23.4 Å². The summed E-state index contributed by atoms with van der Waals surface area (Å²) in [7, 11) is 0. The van der Waals surface area contributed by atoms with E-state index in [0.717, 1.165) is 22.4 Å². The zero-order valence-electron chi connectivity index (χ0n) is 16.2. The van der Waals surface area contributed by atoms with Crippen molar-refractivity contribution in [2.75, 3.05) is 0 Å². The van der Waals surface area contributed by atoms with Gasteiger partial charge in [-0.1, -0.05) is 42.5 Å². The summed E-state index contributed by atoms with van der Waals surface area (Å²) < 4.78 is 13.4. The second kappa shape index (κ2) is 6.98. The van der Waals surface area contributed by atoms with Crippen LogP contribution in [-0.4, -0.2) is 9.78 Å². The van der Waals surface area contributed by atoms with Crippen LogP contribution in [0, 0.1) is 18.3 Å². The third-order valence-electron chi connectivity index (χ3n) is 5.30. The lowest BCUT2D eigenvalue weighted by molar-refractivity contribution is 0.367. The molecule has 0 saturated carbocycles. The van der Waals surface area contributed by atoms with E-state index in [4.69, 9.17) is 20.0 Å². The van der Waals surface area contributed by atoms with Crippen LogP contribution in [0.2, 0.25) is 0 Å². The predicted octanol–water partition coefficient (Wildman–Crippen LogP) is 4.66. The van der Waals surface area contributed by atoms with Gasteiger partial charge in [-0.15, -0.1) is 0 Å². The van der Waals surface area contributed by atoms with Gasteiger partial charge in [0, 0.05) is 0 Å². The standard InChI is InChI=1S/C24H18N4O2/c1-15-8-5-6-11-17(15)20-18(14-25)23(26)30-24-21(20)22(19-12-7-13-29-19)27-28(24)16-9-3-2-4-10-16/h2-13,20H,26H2,1H3. The maximum Gasteiger partial charge on any atom is 0.229 e. The molecule has 6 heteroatoms. The first kappa shape index (κ1) is 17.8. The van der Waals surface area contributed by atoms with Gasteiger partial charge in [0.1, 0.15) is 17.3 Å². The van der Waals surface area contributed by atoms with Crippen molar-refractivity contribution in [1.29, 1.82) is 5.26 Å². The Hall–Kier alpha value is -4.24. The molecule has 0 amide bonds. The van der Waals surface area contributed by atoms with Crippen molar-refractivity contribution in [1.82, 2.24) is 9.78 Å². The Kier molecular flexibility index (Phi) is 4.15. The second-order valence-electron chi connectivity index (χ2n) is 7.07. The summed E-state index contributed by atoms with van der Waals surface area (Å²) in [6.07, 6.45) is 1.60. The monoisotopic (exact) mass is 394 g/mol. The van der Waals surface area contributed by atoms with Gasteiger partial charge in [-0.25, -0.2) is 0 Å². The molecule has 5 rings (SSSR count). The van der Waals surface area contributed by atoms with Crippen molar-refractivity contribution in [2.45, 2.75) is 12.8 Å². The number of ether oxygens (including phenoxy) is 1. The quantitative estimate of drug-likeness (QED) is 0.546. The molecule has 1 aliphatic rings. The molecule has 6 nitrogen and oxygen atoms in total. The summed E-state index contributed by atoms with van der Waals surface area (Å²) in [6.45, 7) is 2.02.